The predicted octanol–water partition coefficient (Wildman–Crippen LogP) is 2.57. The van der Waals surface area contributed by atoms with Gasteiger partial charge in [0.15, 0.2) is 11.5 Å². The van der Waals surface area contributed by atoms with Gasteiger partial charge in [0, 0.05) is 30.5 Å². The van der Waals surface area contributed by atoms with Crippen molar-refractivity contribution >= 4 is 27.7 Å². The van der Waals surface area contributed by atoms with Crippen molar-refractivity contribution in [2.24, 2.45) is 0 Å². The van der Waals surface area contributed by atoms with E-state index < -0.39 is 5.97 Å². The first kappa shape index (κ1) is 13.5. The Morgan fingerprint density at radius 1 is 1.37 bits per heavy atom. The number of aromatic nitrogens is 2. The van der Waals surface area contributed by atoms with Gasteiger partial charge in [0.1, 0.15) is 0 Å². The molecule has 0 saturated carbocycles. The number of rotatable bonds is 4. The number of hydrogen-bond donors (Lipinski definition) is 1. The highest BCUT2D eigenvalue weighted by molar-refractivity contribution is 9.10. The Hall–Kier alpha value is -1.95. The number of carboxylic acid groups (broad SMARTS) is 1. The third kappa shape index (κ3) is 3.29. The Morgan fingerprint density at radius 2 is 2.11 bits per heavy atom. The molecule has 0 aliphatic heterocycles. The minimum absolute atomic E-state index is 0.0417. The van der Waals surface area contributed by atoms with Crippen LogP contribution in [0.5, 0.6) is 0 Å². The normalized spacial score (nSPS) is 10.2. The molecule has 19 heavy (non-hydrogen) atoms. The van der Waals surface area contributed by atoms with Crippen molar-refractivity contribution in [3.63, 3.8) is 0 Å². The van der Waals surface area contributed by atoms with Crippen LogP contribution in [-0.4, -0.2) is 28.1 Å². The lowest BCUT2D eigenvalue weighted by Gasteiger charge is -2.19. The van der Waals surface area contributed by atoms with E-state index in [1.165, 1.54) is 12.4 Å². The van der Waals surface area contributed by atoms with Crippen molar-refractivity contribution < 1.29 is 9.90 Å². The first-order valence-corrected chi connectivity index (χ1v) is 6.37. The molecule has 98 valence electrons. The van der Waals surface area contributed by atoms with Crippen LogP contribution in [0.25, 0.3) is 0 Å². The number of hydrogen-bond acceptors (Lipinski definition) is 4. The molecule has 0 bridgehead atoms. The van der Waals surface area contributed by atoms with E-state index >= 15 is 0 Å². The third-order valence-electron chi connectivity index (χ3n) is 2.55. The summed E-state index contributed by atoms with van der Waals surface area (Å²) >= 11 is 3.41. The highest BCUT2D eigenvalue weighted by Crippen LogP contribution is 2.18. The van der Waals surface area contributed by atoms with Gasteiger partial charge < -0.3 is 10.0 Å². The molecule has 1 heterocycles. The van der Waals surface area contributed by atoms with E-state index in [2.05, 4.69) is 25.9 Å². The molecule has 0 radical (unpaired) electrons. The van der Waals surface area contributed by atoms with Crippen molar-refractivity contribution in [1.29, 1.82) is 0 Å². The van der Waals surface area contributed by atoms with Gasteiger partial charge in [-0.05, 0) is 17.7 Å². The maximum Gasteiger partial charge on any atom is 0.358 e. The van der Waals surface area contributed by atoms with Crippen LogP contribution in [0.2, 0.25) is 0 Å². The molecule has 0 amide bonds. The van der Waals surface area contributed by atoms with E-state index in [9.17, 15) is 4.79 Å². The van der Waals surface area contributed by atoms with Gasteiger partial charge in [-0.1, -0.05) is 28.1 Å². The molecule has 0 aliphatic rings. The summed E-state index contributed by atoms with van der Waals surface area (Å²) in [5.41, 5.74) is 1.01. The standard InChI is InChI=1S/C13H12BrN3O2/c1-17(8-9-3-2-4-10(14)7-9)12-11(13(18)19)15-5-6-16-12/h2-7H,8H2,1H3,(H,18,19). The van der Waals surface area contributed by atoms with Crippen LogP contribution < -0.4 is 4.90 Å². The monoisotopic (exact) mass is 321 g/mol. The van der Waals surface area contributed by atoms with E-state index in [0.29, 0.717) is 12.4 Å². The Labute approximate surface area is 119 Å². The maximum absolute atomic E-state index is 11.1. The van der Waals surface area contributed by atoms with Crippen LogP contribution in [0.15, 0.2) is 41.1 Å². The molecule has 1 N–H and O–H groups in total. The van der Waals surface area contributed by atoms with Gasteiger partial charge in [0.25, 0.3) is 0 Å². The molecule has 1 aromatic heterocycles. The first-order chi connectivity index (χ1) is 9.08. The number of carboxylic acids is 1. The third-order valence-corrected chi connectivity index (χ3v) is 3.05. The molecule has 0 spiro atoms. The van der Waals surface area contributed by atoms with Gasteiger partial charge >= 0.3 is 5.97 Å². The summed E-state index contributed by atoms with van der Waals surface area (Å²) in [7, 11) is 1.79. The number of carbonyl (C=O) groups is 1. The van der Waals surface area contributed by atoms with Crippen LogP contribution >= 0.6 is 15.9 Å². The molecule has 2 rings (SSSR count). The zero-order valence-corrected chi connectivity index (χ0v) is 11.8. The summed E-state index contributed by atoms with van der Waals surface area (Å²) in [5.74, 6) is -0.723. The van der Waals surface area contributed by atoms with Crippen LogP contribution in [0.1, 0.15) is 16.1 Å². The van der Waals surface area contributed by atoms with E-state index in [1.807, 2.05) is 24.3 Å². The fourth-order valence-corrected chi connectivity index (χ4v) is 2.19. The van der Waals surface area contributed by atoms with Crippen LogP contribution in [0, 0.1) is 0 Å². The average Bonchev–Trinajstić information content (AvgIpc) is 2.38. The van der Waals surface area contributed by atoms with Crippen LogP contribution in [-0.2, 0) is 6.54 Å². The summed E-state index contributed by atoms with van der Waals surface area (Å²) in [6.45, 7) is 0.554. The molecular formula is C13H12BrN3O2. The van der Waals surface area contributed by atoms with Gasteiger partial charge in [-0.3, -0.25) is 0 Å². The minimum Gasteiger partial charge on any atom is -0.476 e. The Bertz CT molecular complexity index is 604. The topological polar surface area (TPSA) is 66.3 Å². The second-order valence-corrected chi connectivity index (χ2v) is 4.94. The predicted molar refractivity (Wildman–Crippen MR) is 75.2 cm³/mol. The summed E-state index contributed by atoms with van der Waals surface area (Å²) in [6, 6.07) is 7.82. The molecule has 0 fully saturated rings. The molecule has 6 heteroatoms. The van der Waals surface area contributed by atoms with Crippen molar-refractivity contribution in [1.82, 2.24) is 9.97 Å². The molecule has 1 aromatic carbocycles. The number of halogens is 1. The van der Waals surface area contributed by atoms with Gasteiger partial charge in [-0.15, -0.1) is 0 Å². The second kappa shape index (κ2) is 5.79. The smallest absolute Gasteiger partial charge is 0.358 e. The molecule has 5 nitrogen and oxygen atoms in total. The van der Waals surface area contributed by atoms with Crippen LogP contribution in [0.4, 0.5) is 5.82 Å². The summed E-state index contributed by atoms with van der Waals surface area (Å²) in [6.07, 6.45) is 2.86. The van der Waals surface area contributed by atoms with E-state index in [1.54, 1.807) is 11.9 Å². The molecule has 0 aliphatic carbocycles. The van der Waals surface area contributed by atoms with Crippen molar-refractivity contribution in [3.8, 4) is 0 Å². The van der Waals surface area contributed by atoms with Crippen LogP contribution in [0.3, 0.4) is 0 Å². The SMILES string of the molecule is CN(Cc1cccc(Br)c1)c1nccnc1C(=O)O. The molecule has 0 saturated heterocycles. The van der Waals surface area contributed by atoms with Gasteiger partial charge in [0.05, 0.1) is 0 Å². The number of anilines is 1. The number of aromatic carboxylic acids is 1. The van der Waals surface area contributed by atoms with E-state index in [4.69, 9.17) is 5.11 Å². The quantitative estimate of drug-likeness (QED) is 0.937. The number of benzene rings is 1. The largest absolute Gasteiger partial charge is 0.476 e. The molecular weight excluding hydrogens is 310 g/mol. The van der Waals surface area contributed by atoms with Gasteiger partial charge in [-0.2, -0.15) is 0 Å². The molecule has 2 aromatic rings. The maximum atomic E-state index is 11.1. The highest BCUT2D eigenvalue weighted by atomic mass is 79.9. The lowest BCUT2D eigenvalue weighted by molar-refractivity contribution is 0.0690. The lowest BCUT2D eigenvalue weighted by Crippen LogP contribution is -2.21. The first-order valence-electron chi connectivity index (χ1n) is 5.58. The fourth-order valence-electron chi connectivity index (χ4n) is 1.74. The Morgan fingerprint density at radius 3 is 2.79 bits per heavy atom. The van der Waals surface area contributed by atoms with Crippen molar-refractivity contribution in [2.75, 3.05) is 11.9 Å². The van der Waals surface area contributed by atoms with Crippen molar-refractivity contribution in [2.45, 2.75) is 6.54 Å². The highest BCUT2D eigenvalue weighted by Gasteiger charge is 2.16. The second-order valence-electron chi connectivity index (χ2n) is 4.02. The summed E-state index contributed by atoms with van der Waals surface area (Å²) < 4.78 is 0.982. The lowest BCUT2D eigenvalue weighted by atomic mass is 10.2. The summed E-state index contributed by atoms with van der Waals surface area (Å²) in [4.78, 5) is 20.8. The van der Waals surface area contributed by atoms with Gasteiger partial charge in [-0.25, -0.2) is 14.8 Å². The Balaban J connectivity index is 2.25. The van der Waals surface area contributed by atoms with E-state index in [0.717, 1.165) is 10.0 Å². The Kier molecular flexibility index (Phi) is 4.11. The molecule has 0 unspecified atom stereocenters. The number of nitrogens with zero attached hydrogens (tertiary/aromatic N) is 3. The molecule has 0 atom stereocenters. The minimum atomic E-state index is -1.08. The van der Waals surface area contributed by atoms with Crippen molar-refractivity contribution in [3.05, 3.63) is 52.4 Å². The average molecular weight is 322 g/mol. The fraction of sp³-hybridized carbons (Fsp3) is 0.154. The summed E-state index contributed by atoms with van der Waals surface area (Å²) in [5, 5.41) is 9.09. The zero-order chi connectivity index (χ0) is 13.8. The van der Waals surface area contributed by atoms with Gasteiger partial charge in [0.2, 0.25) is 0 Å². The zero-order valence-electron chi connectivity index (χ0n) is 10.2. The van der Waals surface area contributed by atoms with E-state index in [-0.39, 0.29) is 5.69 Å².